The van der Waals surface area contributed by atoms with E-state index >= 15 is 0 Å². The Morgan fingerprint density at radius 2 is 1.61 bits per heavy atom. The van der Waals surface area contributed by atoms with E-state index in [4.69, 9.17) is 0 Å². The minimum atomic E-state index is -3.60. The van der Waals surface area contributed by atoms with Crippen LogP contribution in [0.4, 0.5) is 0 Å². The van der Waals surface area contributed by atoms with Gasteiger partial charge < -0.3 is 5.32 Å². The largest absolute Gasteiger partial charge is 0.352 e. The summed E-state index contributed by atoms with van der Waals surface area (Å²) in [6.45, 7) is 5.06. The van der Waals surface area contributed by atoms with Crippen molar-refractivity contribution < 1.29 is 18.0 Å². The monoisotopic (exact) mass is 407 g/mol. The molecule has 0 radical (unpaired) electrons. The van der Waals surface area contributed by atoms with Crippen molar-refractivity contribution >= 4 is 21.7 Å². The molecule has 3 rings (SSSR count). The number of Topliss-reactive ketones (excluding diaryl/α,β-unsaturated/α-hetero) is 1. The fourth-order valence-electron chi connectivity index (χ4n) is 3.90. The van der Waals surface area contributed by atoms with Crippen molar-refractivity contribution in [1.29, 1.82) is 0 Å². The Morgan fingerprint density at radius 3 is 2.14 bits per heavy atom. The molecular formula is C20H29N3O4S. The Morgan fingerprint density at radius 1 is 1.04 bits per heavy atom. The van der Waals surface area contributed by atoms with Crippen LogP contribution in [0.2, 0.25) is 0 Å². The molecular weight excluding hydrogens is 378 g/mol. The number of carbonyl (C=O) groups is 2. The van der Waals surface area contributed by atoms with Gasteiger partial charge in [0.05, 0.1) is 10.9 Å². The van der Waals surface area contributed by atoms with E-state index in [0.717, 1.165) is 12.8 Å². The van der Waals surface area contributed by atoms with Gasteiger partial charge >= 0.3 is 0 Å². The summed E-state index contributed by atoms with van der Waals surface area (Å²) < 4.78 is 27.2. The minimum absolute atomic E-state index is 0.0306. The molecule has 28 heavy (non-hydrogen) atoms. The zero-order valence-corrected chi connectivity index (χ0v) is 17.4. The van der Waals surface area contributed by atoms with Crippen molar-refractivity contribution in [3.8, 4) is 0 Å². The molecule has 2 fully saturated rings. The first-order valence-electron chi connectivity index (χ1n) is 9.94. The van der Waals surface area contributed by atoms with Crippen molar-refractivity contribution in [2.45, 2.75) is 56.5 Å². The minimum Gasteiger partial charge on any atom is -0.352 e. The van der Waals surface area contributed by atoms with E-state index in [9.17, 15) is 18.0 Å². The molecule has 0 aromatic heterocycles. The average molecular weight is 408 g/mol. The summed E-state index contributed by atoms with van der Waals surface area (Å²) in [5.41, 5.74) is 0.492. The van der Waals surface area contributed by atoms with Crippen molar-refractivity contribution in [2.24, 2.45) is 0 Å². The third-order valence-electron chi connectivity index (χ3n) is 5.80. The topological polar surface area (TPSA) is 86.8 Å². The molecule has 0 unspecified atom stereocenters. The van der Waals surface area contributed by atoms with Crippen molar-refractivity contribution in [3.05, 3.63) is 29.8 Å². The number of amides is 1. The van der Waals surface area contributed by atoms with Gasteiger partial charge in [-0.1, -0.05) is 25.0 Å². The van der Waals surface area contributed by atoms with Gasteiger partial charge in [-0.15, -0.1) is 0 Å². The maximum Gasteiger partial charge on any atom is 0.243 e. The van der Waals surface area contributed by atoms with Crippen LogP contribution in [0.25, 0.3) is 0 Å². The molecule has 0 spiro atoms. The number of nitrogens with zero attached hydrogens (tertiary/aromatic N) is 2. The van der Waals surface area contributed by atoms with Crippen molar-refractivity contribution in [3.63, 3.8) is 0 Å². The molecule has 1 aliphatic carbocycles. The molecule has 0 bridgehead atoms. The number of sulfonamides is 1. The molecule has 1 atom stereocenters. The fourth-order valence-corrected chi connectivity index (χ4v) is 5.32. The molecule has 1 saturated heterocycles. The van der Waals surface area contributed by atoms with Gasteiger partial charge in [0, 0.05) is 37.8 Å². The van der Waals surface area contributed by atoms with Gasteiger partial charge in [0.25, 0.3) is 0 Å². The van der Waals surface area contributed by atoms with E-state index < -0.39 is 10.0 Å². The third kappa shape index (κ3) is 4.61. The predicted molar refractivity (Wildman–Crippen MR) is 107 cm³/mol. The van der Waals surface area contributed by atoms with E-state index in [1.54, 1.807) is 12.1 Å². The van der Waals surface area contributed by atoms with Crippen LogP contribution in [-0.4, -0.2) is 67.6 Å². The molecule has 2 aliphatic rings. The Balaban J connectivity index is 1.57. The second-order valence-electron chi connectivity index (χ2n) is 7.69. The molecule has 7 nitrogen and oxygen atoms in total. The smallest absolute Gasteiger partial charge is 0.243 e. The number of ketones is 1. The van der Waals surface area contributed by atoms with Crippen LogP contribution in [0.15, 0.2) is 29.2 Å². The number of carbonyl (C=O) groups excluding carboxylic acids is 2. The zero-order valence-electron chi connectivity index (χ0n) is 16.6. The molecule has 154 valence electrons. The van der Waals surface area contributed by atoms with Crippen LogP contribution in [-0.2, 0) is 14.8 Å². The van der Waals surface area contributed by atoms with E-state index in [-0.39, 0.29) is 28.7 Å². The lowest BCUT2D eigenvalue weighted by molar-refractivity contribution is -0.127. The number of nitrogens with one attached hydrogen (secondary N) is 1. The van der Waals surface area contributed by atoms with Gasteiger partial charge in [-0.3, -0.25) is 14.5 Å². The van der Waals surface area contributed by atoms with Gasteiger partial charge in [-0.25, -0.2) is 8.42 Å². The molecule has 1 aromatic rings. The van der Waals surface area contributed by atoms with Gasteiger partial charge in [-0.05, 0) is 38.8 Å². The summed E-state index contributed by atoms with van der Waals surface area (Å²) in [5.74, 6) is -0.0644. The van der Waals surface area contributed by atoms with E-state index in [1.807, 2.05) is 11.8 Å². The summed E-state index contributed by atoms with van der Waals surface area (Å²) in [6.07, 6.45) is 4.44. The lowest BCUT2D eigenvalue weighted by Gasteiger charge is -2.37. The first kappa shape index (κ1) is 21.0. The second-order valence-corrected chi connectivity index (χ2v) is 9.62. The van der Waals surface area contributed by atoms with Crippen LogP contribution in [0.1, 0.15) is 49.9 Å². The maximum absolute atomic E-state index is 12.9. The molecule has 8 heteroatoms. The van der Waals surface area contributed by atoms with Gasteiger partial charge in [0.15, 0.2) is 5.78 Å². The number of rotatable bonds is 6. The molecule has 1 aromatic carbocycles. The predicted octanol–water partition coefficient (Wildman–Crippen LogP) is 1.64. The molecule has 1 heterocycles. The maximum atomic E-state index is 12.9. The van der Waals surface area contributed by atoms with Crippen LogP contribution >= 0.6 is 0 Å². The molecule has 1 aliphatic heterocycles. The lowest BCUT2D eigenvalue weighted by Crippen LogP contribution is -2.55. The normalized spacial score (nSPS) is 20.8. The number of benzene rings is 1. The van der Waals surface area contributed by atoms with Crippen LogP contribution < -0.4 is 5.32 Å². The van der Waals surface area contributed by atoms with Gasteiger partial charge in [-0.2, -0.15) is 4.31 Å². The SMILES string of the molecule is CC(=O)c1ccc(S(=O)(=O)N2CCN([C@@H](C)C(=O)NC3CCCC3)CC2)cc1. The average Bonchev–Trinajstić information content (AvgIpc) is 3.20. The number of hydrogen-bond acceptors (Lipinski definition) is 5. The third-order valence-corrected chi connectivity index (χ3v) is 7.71. The second kappa shape index (κ2) is 8.71. The highest BCUT2D eigenvalue weighted by atomic mass is 32.2. The highest BCUT2D eigenvalue weighted by molar-refractivity contribution is 7.89. The summed E-state index contributed by atoms with van der Waals surface area (Å²) in [4.78, 5) is 26.1. The van der Waals surface area contributed by atoms with Crippen LogP contribution in [0, 0.1) is 0 Å². The first-order chi connectivity index (χ1) is 13.3. The highest BCUT2D eigenvalue weighted by Crippen LogP contribution is 2.20. The molecule has 1 amide bonds. The number of hydrogen-bond donors (Lipinski definition) is 1. The summed E-state index contributed by atoms with van der Waals surface area (Å²) in [5, 5.41) is 3.12. The quantitative estimate of drug-likeness (QED) is 0.725. The Kier molecular flexibility index (Phi) is 6.52. The van der Waals surface area contributed by atoms with Crippen molar-refractivity contribution in [1.82, 2.24) is 14.5 Å². The van der Waals surface area contributed by atoms with Crippen LogP contribution in [0.3, 0.4) is 0 Å². The van der Waals surface area contributed by atoms with Gasteiger partial charge in [0.1, 0.15) is 0 Å². The molecule has 1 saturated carbocycles. The number of piperazine rings is 1. The zero-order chi connectivity index (χ0) is 20.3. The summed E-state index contributed by atoms with van der Waals surface area (Å²) in [7, 11) is -3.60. The van der Waals surface area contributed by atoms with Gasteiger partial charge in [0.2, 0.25) is 15.9 Å². The standard InChI is InChI=1S/C20H29N3O4S/c1-15(20(25)21-18-5-3-4-6-18)22-11-13-23(14-12-22)28(26,27)19-9-7-17(8-10-19)16(2)24/h7-10,15,18H,3-6,11-14H2,1-2H3,(H,21,25)/t15-/m0/s1. The van der Waals surface area contributed by atoms with E-state index in [1.165, 1.54) is 36.2 Å². The first-order valence-corrected chi connectivity index (χ1v) is 11.4. The van der Waals surface area contributed by atoms with E-state index in [0.29, 0.717) is 31.7 Å². The lowest BCUT2D eigenvalue weighted by atomic mass is 10.2. The summed E-state index contributed by atoms with van der Waals surface area (Å²) in [6, 6.07) is 6.07. The van der Waals surface area contributed by atoms with E-state index in [2.05, 4.69) is 5.32 Å². The van der Waals surface area contributed by atoms with Crippen LogP contribution in [0.5, 0.6) is 0 Å². The Labute approximate surface area is 167 Å². The Bertz CT molecular complexity index is 808. The summed E-state index contributed by atoms with van der Waals surface area (Å²) >= 11 is 0. The fraction of sp³-hybridized carbons (Fsp3) is 0.600. The molecule has 1 N–H and O–H groups in total. The van der Waals surface area contributed by atoms with Crippen molar-refractivity contribution in [2.75, 3.05) is 26.2 Å². The Hall–Kier alpha value is -1.77. The highest BCUT2D eigenvalue weighted by Gasteiger charge is 2.32.